The number of amides is 1. The van der Waals surface area contributed by atoms with Crippen molar-refractivity contribution in [2.75, 3.05) is 5.75 Å². The Morgan fingerprint density at radius 3 is 2.41 bits per heavy atom. The maximum atomic E-state index is 13.7. The average molecular weight is 557 g/mol. The largest absolute Gasteiger partial charge is 0.405 e. The number of alkyl halides is 3. The number of likely N-dealkylation sites (tertiary alicyclic amines) is 1. The number of allylic oxidation sites excluding steroid dienone is 1. The molecule has 200 valence electrons. The molecule has 6 rings (SSSR count). The van der Waals surface area contributed by atoms with E-state index in [2.05, 4.69) is 4.98 Å². The number of nitrogens with zero attached hydrogens (tertiary/aromatic N) is 2. The zero-order valence-electron chi connectivity index (χ0n) is 20.1. The highest BCUT2D eigenvalue weighted by atomic mass is 32.2. The Balaban J connectivity index is 1.48. The van der Waals surface area contributed by atoms with Crippen LogP contribution in [0.4, 0.5) is 17.6 Å². The van der Waals surface area contributed by atoms with E-state index in [1.165, 1.54) is 11.0 Å². The number of fused-ring (bicyclic) bond motifs is 4. The number of β-lactam (4-membered cyclic amide) rings is 1. The fraction of sp³-hybridized carbons (Fsp3) is 0.214. The minimum Gasteiger partial charge on any atom is -0.301 e. The van der Waals surface area contributed by atoms with E-state index in [1.54, 1.807) is 6.07 Å². The molecule has 2 aromatic carbocycles. The molecule has 0 radical (unpaired) electrons. The smallest absolute Gasteiger partial charge is 0.301 e. The molecule has 6 nitrogen and oxygen atoms in total. The number of benzene rings is 2. The Hall–Kier alpha value is -3.83. The molecule has 2 aliphatic carbocycles. The molecule has 3 atom stereocenters. The quantitative estimate of drug-likeness (QED) is 0.273. The van der Waals surface area contributed by atoms with E-state index in [9.17, 15) is 30.8 Å². The van der Waals surface area contributed by atoms with E-state index >= 15 is 0 Å². The fourth-order valence-electron chi connectivity index (χ4n) is 5.56. The summed E-state index contributed by atoms with van der Waals surface area (Å²) in [6, 6.07) is 16.4. The summed E-state index contributed by atoms with van der Waals surface area (Å²) in [6.45, 7) is 0. The molecule has 1 fully saturated rings. The first-order valence-electron chi connectivity index (χ1n) is 12.0. The molecule has 39 heavy (non-hydrogen) atoms. The van der Waals surface area contributed by atoms with Gasteiger partial charge < -0.3 is 4.90 Å². The van der Waals surface area contributed by atoms with Gasteiger partial charge in [0.15, 0.2) is 11.9 Å². The van der Waals surface area contributed by atoms with Gasteiger partial charge in [-0.15, -0.1) is 0 Å². The summed E-state index contributed by atoms with van der Waals surface area (Å²) in [5, 5.41) is 1.60. The number of aromatic nitrogens is 1. The highest BCUT2D eigenvalue weighted by molar-refractivity contribution is 7.86. The van der Waals surface area contributed by atoms with Crippen molar-refractivity contribution in [1.29, 1.82) is 0 Å². The van der Waals surface area contributed by atoms with Crippen LogP contribution in [0.25, 0.3) is 17.3 Å². The Labute approximate surface area is 220 Å². The van der Waals surface area contributed by atoms with Crippen LogP contribution in [0.5, 0.6) is 0 Å². The summed E-state index contributed by atoms with van der Waals surface area (Å²) in [5.74, 6) is -3.85. The summed E-state index contributed by atoms with van der Waals surface area (Å²) < 4.78 is 81.6. The normalized spacial score (nSPS) is 22.2. The Bertz CT molecular complexity index is 1750. The average Bonchev–Trinajstić information content (AvgIpc) is 2.89. The van der Waals surface area contributed by atoms with Crippen molar-refractivity contribution < 1.29 is 35.0 Å². The molecule has 1 unspecified atom stereocenters. The van der Waals surface area contributed by atoms with Gasteiger partial charge in [0.05, 0.1) is 11.9 Å². The Kier molecular flexibility index (Phi) is 5.96. The van der Waals surface area contributed by atoms with E-state index in [1.807, 2.05) is 54.6 Å². The molecule has 3 aromatic rings. The lowest BCUT2D eigenvalue weighted by Gasteiger charge is -2.48. The van der Waals surface area contributed by atoms with Crippen molar-refractivity contribution in [1.82, 2.24) is 9.88 Å². The van der Waals surface area contributed by atoms with E-state index < -0.39 is 45.9 Å². The van der Waals surface area contributed by atoms with Gasteiger partial charge in [-0.3, -0.25) is 14.0 Å². The van der Waals surface area contributed by atoms with Gasteiger partial charge in [-0.2, -0.15) is 21.6 Å². The lowest BCUT2D eigenvalue weighted by molar-refractivity contribution is -0.157. The second kappa shape index (κ2) is 9.13. The van der Waals surface area contributed by atoms with Gasteiger partial charge in [0, 0.05) is 16.8 Å². The zero-order chi connectivity index (χ0) is 27.5. The van der Waals surface area contributed by atoms with Crippen molar-refractivity contribution in [3.8, 4) is 0 Å². The number of hydrogen-bond donors (Lipinski definition) is 0. The van der Waals surface area contributed by atoms with Crippen LogP contribution in [0.15, 0.2) is 72.9 Å². The van der Waals surface area contributed by atoms with E-state index in [0.29, 0.717) is 12.1 Å². The van der Waals surface area contributed by atoms with Crippen LogP contribution in [-0.4, -0.2) is 42.2 Å². The molecule has 11 heteroatoms. The minimum atomic E-state index is -5.15. The van der Waals surface area contributed by atoms with Gasteiger partial charge in [-0.05, 0) is 40.5 Å². The molecule has 0 N–H and O–H groups in total. The van der Waals surface area contributed by atoms with E-state index in [0.717, 1.165) is 39.4 Å². The predicted octanol–water partition coefficient (Wildman–Crippen LogP) is 3.55. The maximum Gasteiger partial charge on any atom is 0.405 e. The highest BCUT2D eigenvalue weighted by Crippen LogP contribution is 2.46. The van der Waals surface area contributed by atoms with Gasteiger partial charge in [-0.25, -0.2) is 4.39 Å². The fourth-order valence-corrected chi connectivity index (χ4v) is 6.53. The minimum absolute atomic E-state index is 0.0897. The molecule has 1 saturated heterocycles. The first kappa shape index (κ1) is 25.4. The maximum absolute atomic E-state index is 13.7. The molecule has 0 spiro atoms. The van der Waals surface area contributed by atoms with Crippen molar-refractivity contribution in [3.63, 3.8) is 0 Å². The number of rotatable bonds is 5. The van der Waals surface area contributed by atoms with Crippen molar-refractivity contribution >= 4 is 33.4 Å². The van der Waals surface area contributed by atoms with Crippen LogP contribution in [0.1, 0.15) is 35.2 Å². The van der Waals surface area contributed by atoms with Gasteiger partial charge in [0.2, 0.25) is 0 Å². The topological polar surface area (TPSA) is 76.6 Å². The van der Waals surface area contributed by atoms with Crippen LogP contribution in [0.2, 0.25) is 0 Å². The third-order valence-corrected chi connectivity index (χ3v) is 8.30. The molecule has 0 bridgehead atoms. The number of pyridine rings is 1. The standard InChI is InChI=1S/C28H20F4N2O4S/c29-17-10-12-23(33-14-17)25-26(38-39(36,37)15-28(30,31)32)27(35)34(25)24-13-22-18-6-2-1-5-16(18)9-11-20(22)19-7-3-4-8-21(19)24/h1-12,14,22,25-26H,13,15H2/t22?,25-,26-/m0/s1. The molecule has 1 aromatic heterocycles. The Morgan fingerprint density at radius 2 is 1.69 bits per heavy atom. The van der Waals surface area contributed by atoms with Gasteiger partial charge in [-0.1, -0.05) is 60.7 Å². The van der Waals surface area contributed by atoms with Gasteiger partial charge in [0.1, 0.15) is 11.9 Å². The molecule has 2 heterocycles. The van der Waals surface area contributed by atoms with Gasteiger partial charge >= 0.3 is 6.18 Å². The van der Waals surface area contributed by atoms with Crippen LogP contribution in [0, 0.1) is 5.82 Å². The lowest BCUT2D eigenvalue weighted by atomic mass is 9.76. The summed E-state index contributed by atoms with van der Waals surface area (Å²) in [5.41, 5.74) is 3.77. The molecular weight excluding hydrogens is 536 g/mol. The van der Waals surface area contributed by atoms with Crippen molar-refractivity contribution in [3.05, 3.63) is 106 Å². The second-order valence-corrected chi connectivity index (χ2v) is 11.2. The number of halogens is 4. The summed E-state index contributed by atoms with van der Waals surface area (Å²) >= 11 is 0. The highest BCUT2D eigenvalue weighted by Gasteiger charge is 2.55. The number of hydrogen-bond acceptors (Lipinski definition) is 5. The predicted molar refractivity (Wildman–Crippen MR) is 134 cm³/mol. The first-order chi connectivity index (χ1) is 18.5. The van der Waals surface area contributed by atoms with Crippen LogP contribution >= 0.6 is 0 Å². The second-order valence-electron chi connectivity index (χ2n) is 9.55. The molecule has 1 aliphatic heterocycles. The molecule has 1 amide bonds. The summed E-state index contributed by atoms with van der Waals surface area (Å²) in [4.78, 5) is 18.8. The SMILES string of the molecule is O=C1[C@@H](OS(=O)(=O)CC(F)(F)F)[C@H](c2ccc(F)cn2)N1C1=c2ccccc2=C2C=Cc3ccccc3C2C1. The van der Waals surface area contributed by atoms with Gasteiger partial charge in [0.25, 0.3) is 16.0 Å². The third-order valence-electron chi connectivity index (χ3n) is 7.12. The molecule has 3 aliphatic rings. The number of carbonyl (C=O) groups is 1. The van der Waals surface area contributed by atoms with Crippen LogP contribution < -0.4 is 10.4 Å². The van der Waals surface area contributed by atoms with Crippen molar-refractivity contribution in [2.24, 2.45) is 0 Å². The van der Waals surface area contributed by atoms with E-state index in [4.69, 9.17) is 4.18 Å². The monoisotopic (exact) mass is 556 g/mol. The molecule has 0 saturated carbocycles. The number of carbonyl (C=O) groups excluding carboxylic acids is 1. The lowest BCUT2D eigenvalue weighted by Crippen LogP contribution is -2.61. The summed E-state index contributed by atoms with van der Waals surface area (Å²) in [6.07, 6.45) is -1.52. The third kappa shape index (κ3) is 4.55. The van der Waals surface area contributed by atoms with Crippen molar-refractivity contribution in [2.45, 2.75) is 30.7 Å². The van der Waals surface area contributed by atoms with Crippen LogP contribution in [-0.2, 0) is 19.1 Å². The van der Waals surface area contributed by atoms with E-state index in [-0.39, 0.29) is 11.6 Å². The Morgan fingerprint density at radius 1 is 0.974 bits per heavy atom. The van der Waals surface area contributed by atoms with Crippen LogP contribution in [0.3, 0.4) is 0 Å². The first-order valence-corrected chi connectivity index (χ1v) is 13.6. The molecular formula is C28H20F4N2O4S. The zero-order valence-corrected chi connectivity index (χ0v) is 20.9. The summed E-state index contributed by atoms with van der Waals surface area (Å²) in [7, 11) is -5.15.